The van der Waals surface area contributed by atoms with E-state index in [1.807, 2.05) is 13.8 Å². The Morgan fingerprint density at radius 1 is 0.811 bits per heavy atom. The summed E-state index contributed by atoms with van der Waals surface area (Å²) in [5.74, 6) is 1.69. The van der Waals surface area contributed by atoms with E-state index < -0.39 is 5.92 Å². The highest BCUT2D eigenvalue weighted by Gasteiger charge is 2.67. The van der Waals surface area contributed by atoms with E-state index >= 15 is 0 Å². The minimum atomic E-state index is -0.429. The molecule has 3 saturated carbocycles. The molecular weight excluding hydrogens is 668 g/mol. The summed E-state index contributed by atoms with van der Waals surface area (Å²) in [6.45, 7) is 24.0. The van der Waals surface area contributed by atoms with Gasteiger partial charge in [0.05, 0.1) is 51.0 Å². The van der Waals surface area contributed by atoms with E-state index in [1.165, 1.54) is 51.4 Å². The molecule has 0 aliphatic heterocycles. The van der Waals surface area contributed by atoms with Crippen molar-refractivity contribution in [3.05, 3.63) is 11.6 Å². The third kappa shape index (κ3) is 10.1. The van der Waals surface area contributed by atoms with Crippen molar-refractivity contribution in [1.29, 1.82) is 0 Å². The van der Waals surface area contributed by atoms with Gasteiger partial charge in [-0.05, 0) is 110 Å². The first-order valence-corrected chi connectivity index (χ1v) is 21.4. The maximum Gasteiger partial charge on any atom is 0.310 e. The van der Waals surface area contributed by atoms with E-state index in [-0.39, 0.29) is 42.8 Å². The second-order valence-electron chi connectivity index (χ2n) is 18.8. The summed E-state index contributed by atoms with van der Waals surface area (Å²) < 4.78 is 33.1. The number of ether oxygens (including phenoxy) is 6. The third-order valence-corrected chi connectivity index (χ3v) is 15.5. The molecule has 3 fully saturated rings. The maximum absolute atomic E-state index is 12.9. The highest BCUT2D eigenvalue weighted by Crippen LogP contribution is 2.75. The first kappa shape index (κ1) is 44.2. The van der Waals surface area contributed by atoms with Crippen molar-refractivity contribution < 1.29 is 38.0 Å². The first-order valence-electron chi connectivity index (χ1n) is 21.4. The molecule has 4 aliphatic carbocycles. The number of fused-ring (bicyclic) bond motifs is 5. The van der Waals surface area contributed by atoms with Crippen LogP contribution in [0.3, 0.4) is 0 Å². The van der Waals surface area contributed by atoms with Crippen molar-refractivity contribution in [1.82, 2.24) is 0 Å². The molecule has 8 nitrogen and oxygen atoms in total. The molecule has 0 spiro atoms. The summed E-state index contributed by atoms with van der Waals surface area (Å²) in [6.07, 6.45) is 17.4. The third-order valence-electron chi connectivity index (χ3n) is 15.5. The molecule has 306 valence electrons. The van der Waals surface area contributed by atoms with Crippen molar-refractivity contribution in [3.63, 3.8) is 0 Å². The highest BCUT2D eigenvalue weighted by molar-refractivity contribution is 5.75. The van der Waals surface area contributed by atoms with Crippen molar-refractivity contribution in [2.24, 2.45) is 57.2 Å². The second-order valence-corrected chi connectivity index (χ2v) is 18.8. The molecule has 10 atom stereocenters. The average Bonchev–Trinajstić information content (AvgIpc) is 3.40. The fourth-order valence-corrected chi connectivity index (χ4v) is 11.6. The SMILES string of the molecule is CCC(CC(C)C(=O)OCOC1CC[C@@]2(C)C(=CC[C@H]3[C@]4(C)CC[C@](C)([C@H](C)CCCC(C)C)[C@H]4CC[C@@]32C)C1)C(=O)OCCOCCOCCOC. The molecule has 0 aromatic heterocycles. The Hall–Kier alpha value is -1.48. The number of hydrogen-bond acceptors (Lipinski definition) is 8. The van der Waals surface area contributed by atoms with Crippen LogP contribution in [0.1, 0.15) is 146 Å². The van der Waals surface area contributed by atoms with Gasteiger partial charge in [-0.25, -0.2) is 0 Å². The topological polar surface area (TPSA) is 89.5 Å². The summed E-state index contributed by atoms with van der Waals surface area (Å²) in [5, 5.41) is 0. The zero-order valence-corrected chi connectivity index (χ0v) is 35.5. The van der Waals surface area contributed by atoms with Crippen molar-refractivity contribution >= 4 is 11.9 Å². The van der Waals surface area contributed by atoms with Gasteiger partial charge in [0.2, 0.25) is 0 Å². The molecule has 0 bridgehead atoms. The standard InChI is InChI=1S/C45H78O8/c1-11-35(41(47)51-28-27-50-26-25-49-24-23-48-10)29-33(4)40(46)53-31-52-37-17-19-44(8)36(30-37)15-16-39-43(7)22-21-42(6,34(5)14-12-13-32(2)3)38(43)18-20-45(39,44)9/h15,32-35,37-39H,11-14,16-31H2,1-10H3/t33?,34-,35?,37?,38-,39+,42-,43-,44+,45+/m1/s1. The zero-order valence-electron chi connectivity index (χ0n) is 35.5. The summed E-state index contributed by atoms with van der Waals surface area (Å²) in [4.78, 5) is 25.6. The monoisotopic (exact) mass is 747 g/mol. The van der Waals surface area contributed by atoms with Gasteiger partial charge in [-0.1, -0.05) is 93.2 Å². The van der Waals surface area contributed by atoms with Crippen LogP contribution in [0.2, 0.25) is 0 Å². The molecule has 0 amide bonds. The summed E-state index contributed by atoms with van der Waals surface area (Å²) in [6, 6.07) is 0. The van der Waals surface area contributed by atoms with Crippen LogP contribution in [-0.2, 0) is 38.0 Å². The average molecular weight is 747 g/mol. The Kier molecular flexibility index (Phi) is 16.4. The fraction of sp³-hybridized carbons (Fsp3) is 0.911. The van der Waals surface area contributed by atoms with Gasteiger partial charge >= 0.3 is 11.9 Å². The van der Waals surface area contributed by atoms with Crippen LogP contribution in [0.4, 0.5) is 0 Å². The highest BCUT2D eigenvalue weighted by atomic mass is 16.7. The van der Waals surface area contributed by atoms with Crippen LogP contribution in [0, 0.1) is 57.2 Å². The molecule has 3 unspecified atom stereocenters. The lowest BCUT2D eigenvalue weighted by Crippen LogP contribution is -2.58. The molecule has 0 radical (unpaired) electrons. The number of esters is 2. The van der Waals surface area contributed by atoms with Gasteiger partial charge in [0.15, 0.2) is 6.79 Å². The van der Waals surface area contributed by atoms with Crippen LogP contribution in [0.15, 0.2) is 11.6 Å². The molecule has 8 heteroatoms. The van der Waals surface area contributed by atoms with Gasteiger partial charge in [-0.2, -0.15) is 0 Å². The number of carbonyl (C=O) groups excluding carboxylic acids is 2. The van der Waals surface area contributed by atoms with Crippen molar-refractivity contribution in [2.45, 2.75) is 152 Å². The second kappa shape index (κ2) is 19.6. The van der Waals surface area contributed by atoms with Gasteiger partial charge in [-0.3, -0.25) is 9.59 Å². The Morgan fingerprint density at radius 2 is 1.51 bits per heavy atom. The Labute approximate surface area is 323 Å². The summed E-state index contributed by atoms with van der Waals surface area (Å²) in [7, 11) is 1.63. The predicted octanol–water partition coefficient (Wildman–Crippen LogP) is 9.97. The lowest BCUT2D eigenvalue weighted by molar-refractivity contribution is -0.171. The quantitative estimate of drug-likeness (QED) is 0.0468. The molecule has 4 aliphatic rings. The van der Waals surface area contributed by atoms with Gasteiger partial charge in [0.1, 0.15) is 6.61 Å². The van der Waals surface area contributed by atoms with Gasteiger partial charge < -0.3 is 28.4 Å². The van der Waals surface area contributed by atoms with E-state index in [1.54, 1.807) is 12.7 Å². The minimum absolute atomic E-state index is 0.0425. The zero-order chi connectivity index (χ0) is 38.9. The van der Waals surface area contributed by atoms with E-state index in [0.717, 1.165) is 42.9 Å². The van der Waals surface area contributed by atoms with Gasteiger partial charge in [-0.15, -0.1) is 0 Å². The normalized spacial score (nSPS) is 34.0. The van der Waals surface area contributed by atoms with E-state index in [2.05, 4.69) is 54.5 Å². The van der Waals surface area contributed by atoms with Gasteiger partial charge in [0, 0.05) is 7.11 Å². The number of hydrogen-bond donors (Lipinski definition) is 0. The van der Waals surface area contributed by atoms with Crippen LogP contribution < -0.4 is 0 Å². The lowest BCUT2D eigenvalue weighted by atomic mass is 9.39. The van der Waals surface area contributed by atoms with Crippen LogP contribution in [0.25, 0.3) is 0 Å². The van der Waals surface area contributed by atoms with Crippen LogP contribution >= 0.6 is 0 Å². The lowest BCUT2D eigenvalue weighted by Gasteiger charge is -2.66. The molecule has 0 N–H and O–H groups in total. The fourth-order valence-electron chi connectivity index (χ4n) is 11.6. The smallest absolute Gasteiger partial charge is 0.310 e. The van der Waals surface area contributed by atoms with Gasteiger partial charge in [0.25, 0.3) is 0 Å². The van der Waals surface area contributed by atoms with E-state index in [4.69, 9.17) is 28.4 Å². The van der Waals surface area contributed by atoms with E-state index in [0.29, 0.717) is 62.1 Å². The molecule has 0 saturated heterocycles. The number of allylic oxidation sites excluding steroid dienone is 1. The summed E-state index contributed by atoms with van der Waals surface area (Å²) in [5.41, 5.74) is 2.91. The molecule has 0 aromatic rings. The molecule has 0 heterocycles. The molecular formula is C45H78O8. The first-order chi connectivity index (χ1) is 25.2. The van der Waals surface area contributed by atoms with Crippen LogP contribution in [-0.4, -0.2) is 71.6 Å². The Morgan fingerprint density at radius 3 is 2.19 bits per heavy atom. The summed E-state index contributed by atoms with van der Waals surface area (Å²) >= 11 is 0. The number of carbonyl (C=O) groups is 2. The molecule has 4 rings (SSSR count). The largest absolute Gasteiger partial charge is 0.463 e. The number of methoxy groups -OCH3 is 1. The molecule has 53 heavy (non-hydrogen) atoms. The van der Waals surface area contributed by atoms with Crippen molar-refractivity contribution in [3.8, 4) is 0 Å². The number of rotatable bonds is 22. The Bertz CT molecular complexity index is 1200. The van der Waals surface area contributed by atoms with Crippen LogP contribution in [0.5, 0.6) is 0 Å². The van der Waals surface area contributed by atoms with Crippen molar-refractivity contribution in [2.75, 3.05) is 53.5 Å². The molecule has 0 aromatic carbocycles. The van der Waals surface area contributed by atoms with E-state index in [9.17, 15) is 9.59 Å². The maximum atomic E-state index is 12.9. The minimum Gasteiger partial charge on any atom is -0.463 e. The Balaban J connectivity index is 1.22. The predicted molar refractivity (Wildman–Crippen MR) is 210 cm³/mol.